The highest BCUT2D eigenvalue weighted by Gasteiger charge is 2.19. The average Bonchev–Trinajstić information content (AvgIpc) is 2.97. The first-order valence-corrected chi connectivity index (χ1v) is 9.07. The Morgan fingerprint density at radius 2 is 2.16 bits per heavy atom. The van der Waals surface area contributed by atoms with Crippen LogP contribution in [0.5, 0.6) is 0 Å². The number of hydrogen-bond acceptors (Lipinski definition) is 5. The molecule has 0 aliphatic carbocycles. The fourth-order valence-electron chi connectivity index (χ4n) is 1.71. The van der Waals surface area contributed by atoms with Crippen molar-refractivity contribution in [3.63, 3.8) is 0 Å². The van der Waals surface area contributed by atoms with Crippen LogP contribution in [0.3, 0.4) is 0 Å². The van der Waals surface area contributed by atoms with Gasteiger partial charge in [0.05, 0.1) is 4.90 Å². The summed E-state index contributed by atoms with van der Waals surface area (Å²) < 4.78 is 27.0. The lowest BCUT2D eigenvalue weighted by Gasteiger charge is -2.12. The molecule has 3 N–H and O–H groups in total. The maximum atomic E-state index is 12.2. The lowest BCUT2D eigenvalue weighted by Crippen LogP contribution is -2.33. The summed E-state index contributed by atoms with van der Waals surface area (Å²) in [5.74, 6) is 0. The van der Waals surface area contributed by atoms with E-state index in [4.69, 9.17) is 5.73 Å². The topological polar surface area (TPSA) is 72.2 Å². The summed E-state index contributed by atoms with van der Waals surface area (Å²) in [5, 5.41) is 3.62. The number of sulfonamides is 1. The zero-order chi connectivity index (χ0) is 13.9. The van der Waals surface area contributed by atoms with Gasteiger partial charge in [0.25, 0.3) is 0 Å². The first kappa shape index (κ1) is 14.7. The first-order valence-electron chi connectivity index (χ1n) is 5.83. The number of nitrogens with two attached hydrogens (primary N) is 1. The lowest BCUT2D eigenvalue weighted by molar-refractivity contribution is 0.561. The van der Waals surface area contributed by atoms with Crippen molar-refractivity contribution < 1.29 is 8.42 Å². The minimum atomic E-state index is -3.44. The molecule has 0 saturated heterocycles. The maximum absolute atomic E-state index is 12.2. The highest BCUT2D eigenvalue weighted by Crippen LogP contribution is 2.19. The van der Waals surface area contributed by atoms with E-state index in [1.54, 1.807) is 22.8 Å². The molecule has 0 spiro atoms. The summed E-state index contributed by atoms with van der Waals surface area (Å²) in [6.45, 7) is 2.23. The number of rotatable bonds is 6. The molecule has 0 fully saturated rings. The lowest BCUT2D eigenvalue weighted by atomic mass is 10.2. The van der Waals surface area contributed by atoms with Crippen LogP contribution >= 0.6 is 22.7 Å². The smallest absolute Gasteiger partial charge is 0.241 e. The van der Waals surface area contributed by atoms with Crippen molar-refractivity contribution in [3.8, 4) is 0 Å². The van der Waals surface area contributed by atoms with Crippen LogP contribution in [0, 0.1) is 0 Å². The van der Waals surface area contributed by atoms with Crippen molar-refractivity contribution in [2.45, 2.75) is 30.8 Å². The molecule has 1 unspecified atom stereocenters. The zero-order valence-electron chi connectivity index (χ0n) is 10.5. The van der Waals surface area contributed by atoms with Gasteiger partial charge in [-0.1, -0.05) is 6.07 Å². The van der Waals surface area contributed by atoms with Crippen molar-refractivity contribution in [2.24, 2.45) is 5.73 Å². The van der Waals surface area contributed by atoms with Gasteiger partial charge < -0.3 is 5.73 Å². The summed E-state index contributed by atoms with van der Waals surface area (Å²) in [5.41, 5.74) is 5.49. The molecular weight excluding hydrogens is 300 g/mol. The Morgan fingerprint density at radius 3 is 2.74 bits per heavy atom. The van der Waals surface area contributed by atoms with E-state index in [0.717, 1.165) is 4.88 Å². The Balaban J connectivity index is 2.04. The fourth-order valence-corrected chi connectivity index (χ4v) is 4.95. The van der Waals surface area contributed by atoms with Crippen molar-refractivity contribution in [2.75, 3.05) is 0 Å². The standard InChI is InChI=1S/C12H16N2O2S3/c1-9(5-10-3-2-4-17-10)14-19(15,16)12-6-11(7-13)18-8-12/h2-4,6,8-9,14H,5,7,13H2,1H3. The Morgan fingerprint density at radius 1 is 1.37 bits per heavy atom. The Kier molecular flexibility index (Phi) is 4.75. The molecule has 1 atom stereocenters. The monoisotopic (exact) mass is 316 g/mol. The summed E-state index contributed by atoms with van der Waals surface area (Å²) in [4.78, 5) is 2.34. The molecule has 2 aromatic rings. The van der Waals surface area contributed by atoms with Gasteiger partial charge in [0, 0.05) is 27.7 Å². The molecule has 0 amide bonds. The summed E-state index contributed by atoms with van der Waals surface area (Å²) in [7, 11) is -3.44. The zero-order valence-corrected chi connectivity index (χ0v) is 12.9. The molecule has 0 bridgehead atoms. The Bertz CT molecular complexity index is 617. The fraction of sp³-hybridized carbons (Fsp3) is 0.333. The van der Waals surface area contributed by atoms with Crippen LogP contribution in [-0.4, -0.2) is 14.5 Å². The minimum Gasteiger partial charge on any atom is -0.326 e. The van der Waals surface area contributed by atoms with Gasteiger partial charge in [-0.2, -0.15) is 0 Å². The molecule has 0 aromatic carbocycles. The molecule has 0 aliphatic rings. The van der Waals surface area contributed by atoms with Gasteiger partial charge in [0.1, 0.15) is 0 Å². The quantitative estimate of drug-likeness (QED) is 0.858. The van der Waals surface area contributed by atoms with Gasteiger partial charge in [0.2, 0.25) is 10.0 Å². The molecule has 2 aromatic heterocycles. The highest BCUT2D eigenvalue weighted by atomic mass is 32.2. The normalized spacial score (nSPS) is 13.6. The molecule has 7 heteroatoms. The minimum absolute atomic E-state index is 0.134. The van der Waals surface area contributed by atoms with E-state index < -0.39 is 10.0 Å². The van der Waals surface area contributed by atoms with E-state index in [1.165, 1.54) is 16.2 Å². The van der Waals surface area contributed by atoms with Crippen LogP contribution in [0.1, 0.15) is 16.7 Å². The van der Waals surface area contributed by atoms with Crippen LogP contribution in [-0.2, 0) is 23.0 Å². The second-order valence-electron chi connectivity index (χ2n) is 4.26. The van der Waals surface area contributed by atoms with Crippen molar-refractivity contribution in [1.82, 2.24) is 4.72 Å². The van der Waals surface area contributed by atoms with Crippen molar-refractivity contribution in [1.29, 1.82) is 0 Å². The third-order valence-corrected chi connectivity index (χ3v) is 6.16. The average molecular weight is 316 g/mol. The van der Waals surface area contributed by atoms with Gasteiger partial charge in [0.15, 0.2) is 0 Å². The van der Waals surface area contributed by atoms with E-state index in [0.29, 0.717) is 17.9 Å². The third-order valence-electron chi connectivity index (χ3n) is 2.58. The molecule has 104 valence electrons. The second-order valence-corrected chi connectivity index (χ2v) is 8.00. The number of nitrogens with one attached hydrogen (secondary N) is 1. The van der Waals surface area contributed by atoms with Gasteiger partial charge in [-0.25, -0.2) is 13.1 Å². The van der Waals surface area contributed by atoms with E-state index >= 15 is 0 Å². The number of thiophene rings is 2. The second kappa shape index (κ2) is 6.15. The van der Waals surface area contributed by atoms with Gasteiger partial charge in [-0.3, -0.25) is 0 Å². The molecule has 0 radical (unpaired) electrons. The molecular formula is C12H16N2O2S3. The molecule has 2 heterocycles. The van der Waals surface area contributed by atoms with Crippen LogP contribution in [0.15, 0.2) is 33.9 Å². The molecule has 4 nitrogen and oxygen atoms in total. The summed E-state index contributed by atoms with van der Waals surface area (Å²) >= 11 is 3.00. The van der Waals surface area contributed by atoms with Crippen LogP contribution in [0.4, 0.5) is 0 Å². The van der Waals surface area contributed by atoms with Gasteiger partial charge in [-0.05, 0) is 30.9 Å². The molecule has 0 aliphatic heterocycles. The predicted molar refractivity (Wildman–Crippen MR) is 80.0 cm³/mol. The van der Waals surface area contributed by atoms with E-state index in [9.17, 15) is 8.42 Å². The highest BCUT2D eigenvalue weighted by molar-refractivity contribution is 7.89. The maximum Gasteiger partial charge on any atom is 0.241 e. The van der Waals surface area contributed by atoms with Crippen molar-refractivity contribution in [3.05, 3.63) is 38.7 Å². The largest absolute Gasteiger partial charge is 0.326 e. The Hall–Kier alpha value is -0.730. The van der Waals surface area contributed by atoms with Gasteiger partial charge >= 0.3 is 0 Å². The SMILES string of the molecule is CC(Cc1cccs1)NS(=O)(=O)c1csc(CN)c1. The number of hydrogen-bond donors (Lipinski definition) is 2. The third kappa shape index (κ3) is 3.87. The van der Waals surface area contributed by atoms with E-state index in [1.807, 2.05) is 24.4 Å². The predicted octanol–water partition coefficient (Wildman–Crippen LogP) is 2.18. The van der Waals surface area contributed by atoms with Crippen molar-refractivity contribution >= 4 is 32.7 Å². The van der Waals surface area contributed by atoms with E-state index in [2.05, 4.69) is 4.72 Å². The molecule has 19 heavy (non-hydrogen) atoms. The van der Waals surface area contributed by atoms with Crippen LogP contribution in [0.2, 0.25) is 0 Å². The first-order chi connectivity index (χ1) is 9.01. The molecule has 0 saturated carbocycles. The van der Waals surface area contributed by atoms with Crippen LogP contribution in [0.25, 0.3) is 0 Å². The van der Waals surface area contributed by atoms with E-state index in [-0.39, 0.29) is 6.04 Å². The summed E-state index contributed by atoms with van der Waals surface area (Å²) in [6, 6.07) is 5.47. The van der Waals surface area contributed by atoms with Crippen LogP contribution < -0.4 is 10.5 Å². The Labute approximate surface area is 121 Å². The molecule has 2 rings (SSSR count). The summed E-state index contributed by atoms with van der Waals surface area (Å²) in [6.07, 6.45) is 0.699. The van der Waals surface area contributed by atoms with Gasteiger partial charge in [-0.15, -0.1) is 22.7 Å².